The van der Waals surface area contributed by atoms with Crippen LogP contribution in [-0.4, -0.2) is 5.11 Å². The lowest BCUT2D eigenvalue weighted by Crippen LogP contribution is -1.95. The third-order valence-corrected chi connectivity index (χ3v) is 3.98. The number of benzene rings is 1. The normalized spacial score (nSPS) is 12.6. The zero-order chi connectivity index (χ0) is 12.1. The Bertz CT molecular complexity index is 447. The predicted octanol–water partition coefficient (Wildman–Crippen LogP) is 4.11. The number of aliphatic hydroxyl groups excluding tert-OH is 1. The van der Waals surface area contributed by atoms with Crippen LogP contribution < -0.4 is 0 Å². The second-order valence-electron chi connectivity index (χ2n) is 4.34. The fourth-order valence-electron chi connectivity index (χ4n) is 1.92. The summed E-state index contributed by atoms with van der Waals surface area (Å²) in [5.41, 5.74) is 1.35. The number of hydrogen-bond donors (Lipinski definition) is 1. The Balaban J connectivity index is 1.79. The standard InChI is InChI=1S/C15H18OS/c1-12-10-11-15(17-12)14(16)9-5-8-13-6-3-2-4-7-13/h2-4,6-7,10-11,14,16H,5,8-9H2,1H3. The van der Waals surface area contributed by atoms with Gasteiger partial charge in [-0.15, -0.1) is 11.3 Å². The Kier molecular flexibility index (Phi) is 4.35. The van der Waals surface area contributed by atoms with Gasteiger partial charge in [0.2, 0.25) is 0 Å². The van der Waals surface area contributed by atoms with Crippen LogP contribution in [0.3, 0.4) is 0 Å². The van der Waals surface area contributed by atoms with Crippen LogP contribution in [0, 0.1) is 6.92 Å². The Morgan fingerprint density at radius 3 is 2.53 bits per heavy atom. The maximum absolute atomic E-state index is 10.0. The van der Waals surface area contributed by atoms with Crippen LogP contribution >= 0.6 is 11.3 Å². The molecule has 1 heterocycles. The number of hydrogen-bond acceptors (Lipinski definition) is 2. The summed E-state index contributed by atoms with van der Waals surface area (Å²) in [7, 11) is 0. The first kappa shape index (κ1) is 12.3. The molecule has 0 amide bonds. The second kappa shape index (κ2) is 5.99. The fraction of sp³-hybridized carbons (Fsp3) is 0.333. The van der Waals surface area contributed by atoms with Gasteiger partial charge < -0.3 is 5.11 Å². The molecule has 0 bridgehead atoms. The Morgan fingerprint density at radius 2 is 1.88 bits per heavy atom. The summed E-state index contributed by atoms with van der Waals surface area (Å²) in [6.07, 6.45) is 2.62. The second-order valence-corrected chi connectivity index (χ2v) is 5.66. The highest BCUT2D eigenvalue weighted by molar-refractivity contribution is 7.11. The van der Waals surface area contributed by atoms with Crippen molar-refractivity contribution in [3.05, 3.63) is 57.8 Å². The third kappa shape index (κ3) is 3.69. The van der Waals surface area contributed by atoms with Gasteiger partial charge in [0.05, 0.1) is 6.10 Å². The van der Waals surface area contributed by atoms with E-state index in [1.54, 1.807) is 11.3 Å². The van der Waals surface area contributed by atoms with E-state index in [0.717, 1.165) is 24.1 Å². The molecule has 0 aliphatic carbocycles. The van der Waals surface area contributed by atoms with Crippen molar-refractivity contribution in [1.29, 1.82) is 0 Å². The zero-order valence-electron chi connectivity index (χ0n) is 10.1. The lowest BCUT2D eigenvalue weighted by atomic mass is 10.1. The van der Waals surface area contributed by atoms with Crippen LogP contribution in [0.15, 0.2) is 42.5 Å². The number of thiophene rings is 1. The van der Waals surface area contributed by atoms with Gasteiger partial charge in [0.1, 0.15) is 0 Å². The minimum absolute atomic E-state index is 0.294. The maximum atomic E-state index is 10.0. The highest BCUT2D eigenvalue weighted by Crippen LogP contribution is 2.26. The molecule has 2 aromatic rings. The maximum Gasteiger partial charge on any atom is 0.0882 e. The molecule has 0 radical (unpaired) electrons. The smallest absolute Gasteiger partial charge is 0.0882 e. The molecule has 1 atom stereocenters. The summed E-state index contributed by atoms with van der Waals surface area (Å²) in [6.45, 7) is 2.07. The molecule has 2 heteroatoms. The van der Waals surface area contributed by atoms with Crippen LogP contribution in [-0.2, 0) is 6.42 Å². The van der Waals surface area contributed by atoms with E-state index < -0.39 is 0 Å². The van der Waals surface area contributed by atoms with Crippen molar-refractivity contribution < 1.29 is 5.11 Å². The van der Waals surface area contributed by atoms with Gasteiger partial charge in [-0.2, -0.15) is 0 Å². The number of aliphatic hydroxyl groups is 1. The molecule has 17 heavy (non-hydrogen) atoms. The molecular formula is C15H18OS. The van der Waals surface area contributed by atoms with Crippen LogP contribution in [0.25, 0.3) is 0 Å². The van der Waals surface area contributed by atoms with E-state index in [2.05, 4.69) is 37.3 Å². The molecule has 0 aliphatic heterocycles. The van der Waals surface area contributed by atoms with Gasteiger partial charge in [0, 0.05) is 9.75 Å². The van der Waals surface area contributed by atoms with E-state index in [1.165, 1.54) is 10.4 Å². The summed E-state index contributed by atoms with van der Waals surface area (Å²) in [5.74, 6) is 0. The van der Waals surface area contributed by atoms with Gasteiger partial charge in [0.15, 0.2) is 0 Å². The monoisotopic (exact) mass is 246 g/mol. The minimum atomic E-state index is -0.294. The quantitative estimate of drug-likeness (QED) is 0.841. The molecule has 0 fully saturated rings. The summed E-state index contributed by atoms with van der Waals surface area (Å²) < 4.78 is 0. The molecule has 0 saturated heterocycles. The van der Waals surface area contributed by atoms with E-state index in [0.29, 0.717) is 0 Å². The van der Waals surface area contributed by atoms with Gasteiger partial charge in [-0.3, -0.25) is 0 Å². The number of aryl methyl sites for hydroxylation is 2. The van der Waals surface area contributed by atoms with Crippen LogP contribution in [0.5, 0.6) is 0 Å². The molecule has 0 aliphatic rings. The van der Waals surface area contributed by atoms with Crippen molar-refractivity contribution in [3.63, 3.8) is 0 Å². The average molecular weight is 246 g/mol. The van der Waals surface area contributed by atoms with Crippen molar-refractivity contribution >= 4 is 11.3 Å². The lowest BCUT2D eigenvalue weighted by Gasteiger charge is -2.08. The Morgan fingerprint density at radius 1 is 1.12 bits per heavy atom. The first-order valence-electron chi connectivity index (χ1n) is 6.04. The average Bonchev–Trinajstić information content (AvgIpc) is 2.77. The van der Waals surface area contributed by atoms with Crippen LogP contribution in [0.2, 0.25) is 0 Å². The van der Waals surface area contributed by atoms with Gasteiger partial charge in [-0.25, -0.2) is 0 Å². The molecule has 90 valence electrons. The molecule has 0 saturated carbocycles. The van der Waals surface area contributed by atoms with Crippen molar-refractivity contribution in [2.24, 2.45) is 0 Å². The summed E-state index contributed by atoms with van der Waals surface area (Å²) >= 11 is 1.69. The van der Waals surface area contributed by atoms with Crippen molar-refractivity contribution in [1.82, 2.24) is 0 Å². The van der Waals surface area contributed by atoms with E-state index in [9.17, 15) is 5.11 Å². The fourth-order valence-corrected chi connectivity index (χ4v) is 2.82. The predicted molar refractivity (Wildman–Crippen MR) is 73.4 cm³/mol. The van der Waals surface area contributed by atoms with Gasteiger partial charge in [-0.05, 0) is 43.9 Å². The summed E-state index contributed by atoms with van der Waals surface area (Å²) in [5, 5.41) is 10.0. The van der Waals surface area contributed by atoms with Gasteiger partial charge >= 0.3 is 0 Å². The molecular weight excluding hydrogens is 228 g/mol. The van der Waals surface area contributed by atoms with Crippen molar-refractivity contribution in [2.45, 2.75) is 32.3 Å². The van der Waals surface area contributed by atoms with Gasteiger partial charge in [-0.1, -0.05) is 30.3 Å². The van der Waals surface area contributed by atoms with Gasteiger partial charge in [0.25, 0.3) is 0 Å². The highest BCUT2D eigenvalue weighted by Gasteiger charge is 2.09. The summed E-state index contributed by atoms with van der Waals surface area (Å²) in [6, 6.07) is 14.5. The third-order valence-electron chi connectivity index (χ3n) is 2.88. The Hall–Kier alpha value is -1.12. The van der Waals surface area contributed by atoms with Crippen molar-refractivity contribution in [2.75, 3.05) is 0 Å². The first-order chi connectivity index (χ1) is 8.25. The zero-order valence-corrected chi connectivity index (χ0v) is 10.9. The number of rotatable bonds is 5. The molecule has 1 N–H and O–H groups in total. The molecule has 1 aromatic carbocycles. The SMILES string of the molecule is Cc1ccc(C(O)CCCc2ccccc2)s1. The van der Waals surface area contributed by atoms with Crippen molar-refractivity contribution in [3.8, 4) is 0 Å². The minimum Gasteiger partial charge on any atom is -0.388 e. The van der Waals surface area contributed by atoms with E-state index in [1.807, 2.05) is 12.1 Å². The molecule has 1 unspecified atom stereocenters. The van der Waals surface area contributed by atoms with E-state index in [-0.39, 0.29) is 6.10 Å². The first-order valence-corrected chi connectivity index (χ1v) is 6.85. The molecule has 0 spiro atoms. The lowest BCUT2D eigenvalue weighted by molar-refractivity contribution is 0.168. The topological polar surface area (TPSA) is 20.2 Å². The largest absolute Gasteiger partial charge is 0.388 e. The Labute approximate surface area is 107 Å². The van der Waals surface area contributed by atoms with E-state index in [4.69, 9.17) is 0 Å². The summed E-state index contributed by atoms with van der Waals surface area (Å²) in [4.78, 5) is 2.36. The van der Waals surface area contributed by atoms with E-state index >= 15 is 0 Å². The molecule has 1 nitrogen and oxygen atoms in total. The molecule has 1 aromatic heterocycles. The van der Waals surface area contributed by atoms with Crippen LogP contribution in [0.1, 0.15) is 34.3 Å². The van der Waals surface area contributed by atoms with Crippen LogP contribution in [0.4, 0.5) is 0 Å². The molecule has 2 rings (SSSR count). The highest BCUT2D eigenvalue weighted by atomic mass is 32.1.